The Balaban J connectivity index is 1.94. The summed E-state index contributed by atoms with van der Waals surface area (Å²) in [5, 5.41) is 0. The van der Waals surface area contributed by atoms with E-state index < -0.39 is 0 Å². The number of rotatable bonds is 7. The molecule has 1 aliphatic carbocycles. The molecule has 0 heterocycles. The highest BCUT2D eigenvalue weighted by Crippen LogP contribution is 2.35. The van der Waals surface area contributed by atoms with Gasteiger partial charge in [-0.1, -0.05) is 30.3 Å². The van der Waals surface area contributed by atoms with Gasteiger partial charge in [0.1, 0.15) is 0 Å². The van der Waals surface area contributed by atoms with Gasteiger partial charge in [0.15, 0.2) is 0 Å². The monoisotopic (exact) mass is 251 g/mol. The molecule has 0 radical (unpaired) electrons. The van der Waals surface area contributed by atoms with Gasteiger partial charge in [-0.15, -0.1) is 11.6 Å². The minimum Gasteiger partial charge on any atom is -0.296 e. The van der Waals surface area contributed by atoms with Gasteiger partial charge < -0.3 is 0 Å². The van der Waals surface area contributed by atoms with Gasteiger partial charge in [-0.2, -0.15) is 0 Å². The molecule has 1 aliphatic rings. The minimum atomic E-state index is 0.707. The van der Waals surface area contributed by atoms with E-state index in [0.717, 1.165) is 31.3 Å². The molecule has 1 atom stereocenters. The van der Waals surface area contributed by atoms with Crippen LogP contribution in [0.2, 0.25) is 0 Å². The molecule has 2 rings (SSSR count). The first-order valence-electron chi connectivity index (χ1n) is 6.65. The SMILES string of the molecule is CC(C1CC1)N(CCCCl)Cc1ccccc1. The summed E-state index contributed by atoms with van der Waals surface area (Å²) in [7, 11) is 0. The summed E-state index contributed by atoms with van der Waals surface area (Å²) in [6.07, 6.45) is 3.91. The number of nitrogens with zero attached hydrogens (tertiary/aromatic N) is 1. The van der Waals surface area contributed by atoms with Crippen LogP contribution in [0.1, 0.15) is 31.7 Å². The highest BCUT2D eigenvalue weighted by molar-refractivity contribution is 6.17. The van der Waals surface area contributed by atoms with E-state index in [4.69, 9.17) is 11.6 Å². The summed E-state index contributed by atoms with van der Waals surface area (Å²) in [5.41, 5.74) is 1.41. The van der Waals surface area contributed by atoms with Crippen molar-refractivity contribution in [3.05, 3.63) is 35.9 Å². The van der Waals surface area contributed by atoms with Crippen LogP contribution in [0.25, 0.3) is 0 Å². The fourth-order valence-electron chi connectivity index (χ4n) is 2.38. The molecule has 2 heteroatoms. The van der Waals surface area contributed by atoms with E-state index >= 15 is 0 Å². The predicted octanol–water partition coefficient (Wildman–Crippen LogP) is 3.92. The van der Waals surface area contributed by atoms with Gasteiger partial charge in [-0.25, -0.2) is 0 Å². The Hall–Kier alpha value is -0.530. The lowest BCUT2D eigenvalue weighted by Gasteiger charge is -2.29. The summed E-state index contributed by atoms with van der Waals surface area (Å²) in [4.78, 5) is 2.59. The Kier molecular flexibility index (Phi) is 4.87. The second kappa shape index (κ2) is 6.42. The van der Waals surface area contributed by atoms with Crippen LogP contribution in [0.5, 0.6) is 0 Å². The van der Waals surface area contributed by atoms with Gasteiger partial charge in [0, 0.05) is 18.5 Å². The van der Waals surface area contributed by atoms with E-state index in [1.54, 1.807) is 0 Å². The topological polar surface area (TPSA) is 3.24 Å². The van der Waals surface area contributed by atoms with Gasteiger partial charge in [0.25, 0.3) is 0 Å². The van der Waals surface area contributed by atoms with Crippen LogP contribution >= 0.6 is 11.6 Å². The fourth-order valence-corrected chi connectivity index (χ4v) is 2.50. The van der Waals surface area contributed by atoms with E-state index in [9.17, 15) is 0 Å². The summed E-state index contributed by atoms with van der Waals surface area (Å²) in [6, 6.07) is 11.5. The number of hydrogen-bond donors (Lipinski definition) is 0. The molecule has 0 bridgehead atoms. The van der Waals surface area contributed by atoms with Gasteiger partial charge >= 0.3 is 0 Å². The zero-order valence-electron chi connectivity index (χ0n) is 10.6. The second-order valence-corrected chi connectivity index (χ2v) is 5.45. The maximum atomic E-state index is 5.82. The van der Waals surface area contributed by atoms with E-state index in [-0.39, 0.29) is 0 Å². The Morgan fingerprint density at radius 3 is 2.59 bits per heavy atom. The average molecular weight is 252 g/mol. The Morgan fingerprint density at radius 2 is 2.00 bits per heavy atom. The van der Waals surface area contributed by atoms with Crippen LogP contribution in [0.3, 0.4) is 0 Å². The van der Waals surface area contributed by atoms with Crippen LogP contribution in [0.15, 0.2) is 30.3 Å². The van der Waals surface area contributed by atoms with Crippen LogP contribution in [-0.4, -0.2) is 23.4 Å². The average Bonchev–Trinajstić information content (AvgIpc) is 3.19. The molecule has 1 unspecified atom stereocenters. The minimum absolute atomic E-state index is 0.707. The maximum absolute atomic E-state index is 5.82. The molecule has 1 fully saturated rings. The van der Waals surface area contributed by atoms with E-state index in [1.807, 2.05) is 0 Å². The smallest absolute Gasteiger partial charge is 0.0236 e. The molecule has 1 aromatic rings. The van der Waals surface area contributed by atoms with Crippen LogP contribution < -0.4 is 0 Å². The van der Waals surface area contributed by atoms with Crippen molar-refractivity contribution in [1.29, 1.82) is 0 Å². The lowest BCUT2D eigenvalue weighted by molar-refractivity contribution is 0.181. The van der Waals surface area contributed by atoms with Crippen molar-refractivity contribution in [1.82, 2.24) is 4.90 Å². The molecule has 0 aliphatic heterocycles. The van der Waals surface area contributed by atoms with Crippen LogP contribution in [0, 0.1) is 5.92 Å². The van der Waals surface area contributed by atoms with E-state index in [0.29, 0.717) is 6.04 Å². The van der Waals surface area contributed by atoms with Crippen molar-refractivity contribution in [2.45, 2.75) is 38.8 Å². The molecule has 0 saturated heterocycles. The largest absolute Gasteiger partial charge is 0.296 e. The van der Waals surface area contributed by atoms with Crippen LogP contribution in [0.4, 0.5) is 0 Å². The van der Waals surface area contributed by atoms with Crippen molar-refractivity contribution in [2.24, 2.45) is 5.92 Å². The molecule has 1 nitrogen and oxygen atoms in total. The summed E-state index contributed by atoms with van der Waals surface area (Å²) in [5.74, 6) is 1.69. The van der Waals surface area contributed by atoms with Crippen molar-refractivity contribution in [2.75, 3.05) is 12.4 Å². The number of alkyl halides is 1. The maximum Gasteiger partial charge on any atom is 0.0236 e. The molecule has 94 valence electrons. The lowest BCUT2D eigenvalue weighted by Crippen LogP contribution is -2.35. The number of benzene rings is 1. The van der Waals surface area contributed by atoms with Gasteiger partial charge in [0.05, 0.1) is 0 Å². The van der Waals surface area contributed by atoms with E-state index in [1.165, 1.54) is 18.4 Å². The zero-order valence-corrected chi connectivity index (χ0v) is 11.4. The Labute approximate surface area is 110 Å². The Bertz CT molecular complexity index is 321. The van der Waals surface area contributed by atoms with Crippen molar-refractivity contribution in [3.63, 3.8) is 0 Å². The Morgan fingerprint density at radius 1 is 1.29 bits per heavy atom. The third-order valence-corrected chi connectivity index (χ3v) is 3.95. The normalized spacial score (nSPS) is 17.4. The highest BCUT2D eigenvalue weighted by atomic mass is 35.5. The summed E-state index contributed by atoms with van der Waals surface area (Å²) in [6.45, 7) is 4.56. The lowest BCUT2D eigenvalue weighted by atomic mass is 10.1. The number of halogens is 1. The van der Waals surface area contributed by atoms with Crippen LogP contribution in [-0.2, 0) is 6.54 Å². The first-order chi connectivity index (χ1) is 8.31. The highest BCUT2D eigenvalue weighted by Gasteiger charge is 2.31. The molecular formula is C15H22ClN. The van der Waals surface area contributed by atoms with E-state index in [2.05, 4.69) is 42.2 Å². The van der Waals surface area contributed by atoms with Gasteiger partial charge in [-0.05, 0) is 44.2 Å². The summed E-state index contributed by atoms with van der Waals surface area (Å²) >= 11 is 5.82. The van der Waals surface area contributed by atoms with Gasteiger partial charge in [0.2, 0.25) is 0 Å². The molecule has 0 aromatic heterocycles. The molecular weight excluding hydrogens is 230 g/mol. The summed E-state index contributed by atoms with van der Waals surface area (Å²) < 4.78 is 0. The molecule has 0 N–H and O–H groups in total. The van der Waals surface area contributed by atoms with Crippen molar-refractivity contribution < 1.29 is 0 Å². The molecule has 1 aromatic carbocycles. The first-order valence-corrected chi connectivity index (χ1v) is 7.18. The molecule has 0 spiro atoms. The number of hydrogen-bond acceptors (Lipinski definition) is 1. The molecule has 1 saturated carbocycles. The first kappa shape index (κ1) is 12.9. The zero-order chi connectivity index (χ0) is 12.1. The third-order valence-electron chi connectivity index (χ3n) is 3.69. The standard InChI is InChI=1S/C15H22ClN/c1-13(15-8-9-15)17(11-5-10-16)12-14-6-3-2-4-7-14/h2-4,6-7,13,15H,5,8-12H2,1H3. The molecule has 17 heavy (non-hydrogen) atoms. The van der Waals surface area contributed by atoms with Crippen molar-refractivity contribution in [3.8, 4) is 0 Å². The molecule has 0 amide bonds. The third kappa shape index (κ3) is 4.01. The second-order valence-electron chi connectivity index (χ2n) is 5.08. The quantitative estimate of drug-likeness (QED) is 0.664. The van der Waals surface area contributed by atoms with Crippen molar-refractivity contribution >= 4 is 11.6 Å². The predicted molar refractivity (Wildman–Crippen MR) is 74.4 cm³/mol. The van der Waals surface area contributed by atoms with Gasteiger partial charge in [-0.3, -0.25) is 4.90 Å². The fraction of sp³-hybridized carbons (Fsp3) is 0.600.